The van der Waals surface area contributed by atoms with Crippen molar-refractivity contribution in [3.8, 4) is 0 Å². The second-order valence-corrected chi connectivity index (χ2v) is 5.73. The molecule has 1 atom stereocenters. The van der Waals surface area contributed by atoms with Crippen molar-refractivity contribution in [1.29, 1.82) is 0 Å². The van der Waals surface area contributed by atoms with Crippen LogP contribution < -0.4 is 5.32 Å². The van der Waals surface area contributed by atoms with Gasteiger partial charge in [0.15, 0.2) is 0 Å². The van der Waals surface area contributed by atoms with Gasteiger partial charge in [0, 0.05) is 0 Å². The lowest BCUT2D eigenvalue weighted by atomic mass is 10.2. The molecule has 90 valence electrons. The SMILES string of the molecule is CC(NC(=O)c1cc(Cl)sc1Cl)c1ccco1. The molecule has 2 rings (SSSR count). The van der Waals surface area contributed by atoms with E-state index in [4.69, 9.17) is 27.6 Å². The highest BCUT2D eigenvalue weighted by Gasteiger charge is 2.17. The molecular weight excluding hydrogens is 281 g/mol. The molecule has 0 spiro atoms. The molecule has 0 aliphatic rings. The van der Waals surface area contributed by atoms with E-state index in [9.17, 15) is 4.79 Å². The molecule has 0 bridgehead atoms. The Morgan fingerprint density at radius 3 is 2.82 bits per heavy atom. The lowest BCUT2D eigenvalue weighted by Crippen LogP contribution is -2.26. The summed E-state index contributed by atoms with van der Waals surface area (Å²) in [6, 6.07) is 4.91. The number of hydrogen-bond acceptors (Lipinski definition) is 3. The van der Waals surface area contributed by atoms with E-state index in [0.29, 0.717) is 20.0 Å². The first kappa shape index (κ1) is 12.5. The van der Waals surface area contributed by atoms with Gasteiger partial charge in [0.25, 0.3) is 5.91 Å². The minimum atomic E-state index is -0.262. The zero-order chi connectivity index (χ0) is 12.4. The van der Waals surface area contributed by atoms with Crippen LogP contribution in [0.15, 0.2) is 28.9 Å². The van der Waals surface area contributed by atoms with Gasteiger partial charge in [0.2, 0.25) is 0 Å². The van der Waals surface area contributed by atoms with Crippen molar-refractivity contribution >= 4 is 40.4 Å². The number of amides is 1. The first-order chi connectivity index (χ1) is 8.08. The van der Waals surface area contributed by atoms with Gasteiger partial charge in [-0.3, -0.25) is 4.79 Å². The van der Waals surface area contributed by atoms with Crippen LogP contribution in [0.1, 0.15) is 29.1 Å². The minimum absolute atomic E-state index is 0.216. The Kier molecular flexibility index (Phi) is 3.76. The van der Waals surface area contributed by atoms with Gasteiger partial charge < -0.3 is 9.73 Å². The molecule has 2 aromatic rings. The van der Waals surface area contributed by atoms with Gasteiger partial charge in [-0.2, -0.15) is 0 Å². The van der Waals surface area contributed by atoms with Gasteiger partial charge in [-0.15, -0.1) is 11.3 Å². The summed E-state index contributed by atoms with van der Waals surface area (Å²) in [7, 11) is 0. The highest BCUT2D eigenvalue weighted by atomic mass is 35.5. The van der Waals surface area contributed by atoms with Gasteiger partial charge in [-0.25, -0.2) is 0 Å². The number of carbonyl (C=O) groups excluding carboxylic acids is 1. The van der Waals surface area contributed by atoms with E-state index < -0.39 is 0 Å². The van der Waals surface area contributed by atoms with Gasteiger partial charge in [-0.05, 0) is 25.1 Å². The van der Waals surface area contributed by atoms with Gasteiger partial charge >= 0.3 is 0 Å². The molecule has 2 aromatic heterocycles. The van der Waals surface area contributed by atoms with Crippen molar-refractivity contribution in [1.82, 2.24) is 5.32 Å². The summed E-state index contributed by atoms with van der Waals surface area (Å²) >= 11 is 12.8. The van der Waals surface area contributed by atoms with E-state index in [0.717, 1.165) is 0 Å². The van der Waals surface area contributed by atoms with Gasteiger partial charge in [0.05, 0.1) is 22.2 Å². The summed E-state index contributed by atoms with van der Waals surface area (Å²) in [4.78, 5) is 11.9. The Hall–Kier alpha value is -0.970. The van der Waals surface area contributed by atoms with Crippen LogP contribution in [-0.2, 0) is 0 Å². The van der Waals surface area contributed by atoms with Crippen LogP contribution in [-0.4, -0.2) is 5.91 Å². The van der Waals surface area contributed by atoms with Crippen LogP contribution in [0.3, 0.4) is 0 Å². The molecule has 1 unspecified atom stereocenters. The summed E-state index contributed by atoms with van der Waals surface area (Å²) < 4.78 is 6.08. The average molecular weight is 290 g/mol. The number of carbonyl (C=O) groups is 1. The first-order valence-electron chi connectivity index (χ1n) is 4.87. The third kappa shape index (κ3) is 2.83. The minimum Gasteiger partial charge on any atom is -0.467 e. The largest absolute Gasteiger partial charge is 0.467 e. The van der Waals surface area contributed by atoms with E-state index in [1.165, 1.54) is 11.3 Å². The van der Waals surface area contributed by atoms with Crippen molar-refractivity contribution in [3.63, 3.8) is 0 Å². The van der Waals surface area contributed by atoms with Crippen LogP contribution >= 0.6 is 34.5 Å². The van der Waals surface area contributed by atoms with Crippen LogP contribution in [0, 0.1) is 0 Å². The van der Waals surface area contributed by atoms with Crippen molar-refractivity contribution in [2.75, 3.05) is 0 Å². The zero-order valence-corrected chi connectivity index (χ0v) is 11.2. The Morgan fingerprint density at radius 1 is 1.53 bits per heavy atom. The molecule has 0 radical (unpaired) electrons. The summed E-state index contributed by atoms with van der Waals surface area (Å²) in [6.45, 7) is 1.83. The highest BCUT2D eigenvalue weighted by Crippen LogP contribution is 2.31. The quantitative estimate of drug-likeness (QED) is 0.923. The zero-order valence-electron chi connectivity index (χ0n) is 8.87. The molecule has 1 amide bonds. The normalized spacial score (nSPS) is 12.4. The molecule has 6 heteroatoms. The molecule has 0 aliphatic heterocycles. The molecule has 2 heterocycles. The maximum atomic E-state index is 11.9. The topological polar surface area (TPSA) is 42.2 Å². The van der Waals surface area contributed by atoms with Crippen molar-refractivity contribution < 1.29 is 9.21 Å². The van der Waals surface area contributed by atoms with E-state index >= 15 is 0 Å². The third-order valence-electron chi connectivity index (χ3n) is 2.22. The van der Waals surface area contributed by atoms with Gasteiger partial charge in [-0.1, -0.05) is 23.2 Å². The maximum Gasteiger partial charge on any atom is 0.254 e. The van der Waals surface area contributed by atoms with Crippen molar-refractivity contribution in [3.05, 3.63) is 44.5 Å². The molecule has 1 N–H and O–H groups in total. The number of halogens is 2. The lowest BCUT2D eigenvalue weighted by Gasteiger charge is -2.10. The van der Waals surface area contributed by atoms with Crippen LogP contribution in [0.2, 0.25) is 8.67 Å². The maximum absolute atomic E-state index is 11.9. The molecule has 0 fully saturated rings. The van der Waals surface area contributed by atoms with E-state index in [-0.39, 0.29) is 11.9 Å². The number of thiophene rings is 1. The van der Waals surface area contributed by atoms with Crippen LogP contribution in [0.25, 0.3) is 0 Å². The Morgan fingerprint density at radius 2 is 2.29 bits per heavy atom. The third-order valence-corrected chi connectivity index (χ3v) is 3.71. The van der Waals surface area contributed by atoms with E-state index in [1.54, 1.807) is 24.5 Å². The number of rotatable bonds is 3. The molecule has 0 aromatic carbocycles. The standard InChI is InChI=1S/C11H9Cl2NO2S/c1-6(8-3-2-4-16-8)14-11(15)7-5-9(12)17-10(7)13/h2-6H,1H3,(H,14,15). The molecular formula is C11H9Cl2NO2S. The predicted molar refractivity (Wildman–Crippen MR) is 68.9 cm³/mol. The Balaban J connectivity index is 2.09. The van der Waals surface area contributed by atoms with Gasteiger partial charge in [0.1, 0.15) is 10.1 Å². The van der Waals surface area contributed by atoms with Crippen LogP contribution in [0.4, 0.5) is 0 Å². The van der Waals surface area contributed by atoms with Crippen molar-refractivity contribution in [2.45, 2.75) is 13.0 Å². The average Bonchev–Trinajstić information content (AvgIpc) is 2.87. The molecule has 3 nitrogen and oxygen atoms in total. The Labute approximate surface area is 112 Å². The smallest absolute Gasteiger partial charge is 0.254 e. The first-order valence-corrected chi connectivity index (χ1v) is 6.44. The fraction of sp³-hybridized carbons (Fsp3) is 0.182. The second-order valence-electron chi connectivity index (χ2n) is 3.45. The van der Waals surface area contributed by atoms with Crippen LogP contribution in [0.5, 0.6) is 0 Å². The molecule has 0 saturated heterocycles. The number of nitrogens with one attached hydrogen (secondary N) is 1. The Bertz CT molecular complexity index is 522. The summed E-state index contributed by atoms with van der Waals surface area (Å²) in [6.07, 6.45) is 1.56. The fourth-order valence-corrected chi connectivity index (χ4v) is 2.84. The molecule has 0 saturated carbocycles. The number of hydrogen-bond donors (Lipinski definition) is 1. The molecule has 0 aliphatic carbocycles. The highest BCUT2D eigenvalue weighted by molar-refractivity contribution is 7.20. The fourth-order valence-electron chi connectivity index (χ4n) is 1.38. The lowest BCUT2D eigenvalue weighted by molar-refractivity contribution is 0.0936. The van der Waals surface area contributed by atoms with Crippen molar-refractivity contribution in [2.24, 2.45) is 0 Å². The van der Waals surface area contributed by atoms with E-state index in [1.807, 2.05) is 6.92 Å². The van der Waals surface area contributed by atoms with E-state index in [2.05, 4.69) is 5.32 Å². The predicted octanol–water partition coefficient (Wildman–Crippen LogP) is 4.14. The summed E-state index contributed by atoms with van der Waals surface area (Å²) in [5.74, 6) is 0.429. The molecule has 17 heavy (non-hydrogen) atoms. The number of furan rings is 1. The second kappa shape index (κ2) is 5.12. The summed E-state index contributed by atoms with van der Waals surface area (Å²) in [5.41, 5.74) is 0.389. The monoisotopic (exact) mass is 289 g/mol. The summed E-state index contributed by atoms with van der Waals surface area (Å²) in [5, 5.41) is 2.78.